The Balaban J connectivity index is 1.47. The molecule has 0 spiro atoms. The van der Waals surface area contributed by atoms with Crippen molar-refractivity contribution in [3.63, 3.8) is 0 Å². The molecule has 3 nitrogen and oxygen atoms in total. The van der Waals surface area contributed by atoms with Crippen molar-refractivity contribution < 1.29 is 4.42 Å². The highest BCUT2D eigenvalue weighted by atomic mass is 16.3. The number of hydrogen-bond donors (Lipinski definition) is 1. The predicted molar refractivity (Wildman–Crippen MR) is 167 cm³/mol. The maximum absolute atomic E-state index is 6.77. The quantitative estimate of drug-likeness (QED) is 0.256. The molecule has 0 saturated heterocycles. The van der Waals surface area contributed by atoms with E-state index >= 15 is 0 Å². The lowest BCUT2D eigenvalue weighted by atomic mass is 9.95. The molecule has 2 aromatic heterocycles. The molecule has 40 heavy (non-hydrogen) atoms. The van der Waals surface area contributed by atoms with Gasteiger partial charge in [0.2, 0.25) is 0 Å². The lowest BCUT2D eigenvalue weighted by molar-refractivity contribution is 0.669. The van der Waals surface area contributed by atoms with Crippen LogP contribution in [0.2, 0.25) is 0 Å². The fourth-order valence-electron chi connectivity index (χ4n) is 6.85. The molecule has 0 fully saturated rings. The van der Waals surface area contributed by atoms with Gasteiger partial charge >= 0.3 is 0 Å². The summed E-state index contributed by atoms with van der Waals surface area (Å²) in [5.74, 6) is 0. The lowest BCUT2D eigenvalue weighted by Gasteiger charge is -2.15. The monoisotopic (exact) mass is 512 g/mol. The van der Waals surface area contributed by atoms with Crippen LogP contribution in [0.15, 0.2) is 132 Å². The molecule has 188 valence electrons. The van der Waals surface area contributed by atoms with E-state index in [1.807, 2.05) is 18.2 Å². The molecule has 2 N–H and O–H groups in total. The molecule has 2 heterocycles. The van der Waals surface area contributed by atoms with Gasteiger partial charge in [-0.05, 0) is 69.1 Å². The van der Waals surface area contributed by atoms with Crippen LogP contribution >= 0.6 is 0 Å². The number of nitrogens with two attached hydrogens (primary N) is 1. The van der Waals surface area contributed by atoms with Crippen LogP contribution in [0.5, 0.6) is 0 Å². The fourth-order valence-corrected chi connectivity index (χ4v) is 6.85. The van der Waals surface area contributed by atoms with E-state index in [-0.39, 0.29) is 6.04 Å². The molecule has 0 aliphatic carbocycles. The third kappa shape index (κ3) is 2.82. The van der Waals surface area contributed by atoms with Gasteiger partial charge in [-0.3, -0.25) is 0 Å². The van der Waals surface area contributed by atoms with Crippen LogP contribution in [0.4, 0.5) is 0 Å². The summed E-state index contributed by atoms with van der Waals surface area (Å²) in [6.07, 6.45) is 0. The first-order valence-electron chi connectivity index (χ1n) is 13.7. The Morgan fingerprint density at radius 1 is 0.475 bits per heavy atom. The number of furan rings is 1. The van der Waals surface area contributed by atoms with E-state index in [9.17, 15) is 0 Å². The summed E-state index contributed by atoms with van der Waals surface area (Å²) in [4.78, 5) is 0. The van der Waals surface area contributed by atoms with Crippen LogP contribution in [-0.2, 0) is 0 Å². The van der Waals surface area contributed by atoms with E-state index < -0.39 is 0 Å². The molecule has 9 aromatic rings. The van der Waals surface area contributed by atoms with Crippen LogP contribution in [0.3, 0.4) is 0 Å². The maximum Gasteiger partial charge on any atom is 0.136 e. The molecule has 1 atom stereocenters. The number of fused-ring (bicyclic) bond motifs is 3. The number of rotatable bonds is 3. The summed E-state index contributed by atoms with van der Waals surface area (Å²) in [5, 5.41) is 9.79. The number of aromatic nitrogens is 1. The minimum Gasteiger partial charge on any atom is -0.456 e. The first kappa shape index (κ1) is 21.8. The van der Waals surface area contributed by atoms with Crippen LogP contribution < -0.4 is 5.73 Å². The molecule has 0 aliphatic heterocycles. The molecule has 0 bridgehead atoms. The lowest BCUT2D eigenvalue weighted by Crippen LogP contribution is -2.12. The fraction of sp³-hybridized carbons (Fsp3) is 0.0270. The van der Waals surface area contributed by atoms with Crippen molar-refractivity contribution in [2.45, 2.75) is 6.04 Å². The zero-order chi connectivity index (χ0) is 26.4. The highest BCUT2D eigenvalue weighted by molar-refractivity contribution is 6.38. The third-order valence-corrected chi connectivity index (χ3v) is 8.57. The number of benzene rings is 6. The first-order valence-corrected chi connectivity index (χ1v) is 13.7. The van der Waals surface area contributed by atoms with E-state index in [2.05, 4.69) is 114 Å². The Kier molecular flexibility index (Phi) is 4.33. The summed E-state index contributed by atoms with van der Waals surface area (Å²) in [5.41, 5.74) is 14.2. The SMILES string of the molecule is NC(c1ccccc1)c1cccc(-n2c3cccc4c5ccccc5c5cccc6oc7ccc2c(c7c65)c43)c1. The van der Waals surface area contributed by atoms with Gasteiger partial charge < -0.3 is 14.7 Å². The van der Waals surface area contributed by atoms with Gasteiger partial charge in [0.05, 0.1) is 17.1 Å². The van der Waals surface area contributed by atoms with Gasteiger partial charge in [-0.15, -0.1) is 0 Å². The normalized spacial score (nSPS) is 13.0. The van der Waals surface area contributed by atoms with E-state index in [0.29, 0.717) is 0 Å². The molecular weight excluding hydrogens is 488 g/mol. The zero-order valence-electron chi connectivity index (χ0n) is 21.6. The molecule has 3 heteroatoms. The molecular formula is C37H24N2O. The van der Waals surface area contributed by atoms with Crippen molar-refractivity contribution in [2.24, 2.45) is 5.73 Å². The Bertz CT molecular complexity index is 2390. The van der Waals surface area contributed by atoms with Gasteiger partial charge in [0.1, 0.15) is 11.2 Å². The third-order valence-electron chi connectivity index (χ3n) is 8.57. The van der Waals surface area contributed by atoms with E-state index in [1.54, 1.807) is 0 Å². The second-order valence-electron chi connectivity index (χ2n) is 10.7. The van der Waals surface area contributed by atoms with Gasteiger partial charge in [0, 0.05) is 27.2 Å². The average Bonchev–Trinajstić information content (AvgIpc) is 3.56. The zero-order valence-corrected chi connectivity index (χ0v) is 21.6. The summed E-state index contributed by atoms with van der Waals surface area (Å²) >= 11 is 0. The predicted octanol–water partition coefficient (Wildman–Crippen LogP) is 9.48. The van der Waals surface area contributed by atoms with Crippen LogP contribution in [0.1, 0.15) is 17.2 Å². The molecule has 9 rings (SSSR count). The van der Waals surface area contributed by atoms with Gasteiger partial charge in [-0.25, -0.2) is 0 Å². The van der Waals surface area contributed by atoms with Crippen molar-refractivity contribution in [1.82, 2.24) is 4.57 Å². The molecule has 0 saturated carbocycles. The van der Waals surface area contributed by atoms with Gasteiger partial charge in [-0.2, -0.15) is 0 Å². The van der Waals surface area contributed by atoms with E-state index in [1.165, 1.54) is 48.6 Å². The van der Waals surface area contributed by atoms with Crippen molar-refractivity contribution in [1.29, 1.82) is 0 Å². The smallest absolute Gasteiger partial charge is 0.136 e. The van der Waals surface area contributed by atoms with Crippen molar-refractivity contribution in [2.75, 3.05) is 0 Å². The van der Waals surface area contributed by atoms with Crippen LogP contribution in [0, 0.1) is 0 Å². The van der Waals surface area contributed by atoms with Gasteiger partial charge in [-0.1, -0.05) is 91.0 Å². The number of hydrogen-bond acceptors (Lipinski definition) is 2. The largest absolute Gasteiger partial charge is 0.456 e. The summed E-state index contributed by atoms with van der Waals surface area (Å²) in [7, 11) is 0. The molecule has 0 radical (unpaired) electrons. The van der Waals surface area contributed by atoms with Crippen LogP contribution in [-0.4, -0.2) is 4.57 Å². The van der Waals surface area contributed by atoms with Crippen molar-refractivity contribution in [3.8, 4) is 5.69 Å². The average molecular weight is 513 g/mol. The van der Waals surface area contributed by atoms with Gasteiger partial charge in [0.25, 0.3) is 0 Å². The Hall–Kier alpha value is -5.12. The molecule has 0 amide bonds. The maximum atomic E-state index is 6.77. The first-order chi connectivity index (χ1) is 19.8. The minimum absolute atomic E-state index is 0.203. The standard InChI is InChI=1S/C37H24N2O/c38-37(22-9-2-1-3-10-22)23-11-6-12-24(21-23)39-29-17-7-15-27-25-13-4-5-14-26(25)28-16-8-18-31-34(28)36-32(40-31)20-19-30(39)35(36)33(27)29/h1-21,37H,38H2. The van der Waals surface area contributed by atoms with Gasteiger partial charge in [0.15, 0.2) is 0 Å². The molecule has 0 aliphatic rings. The Labute approximate surface area is 230 Å². The second-order valence-corrected chi connectivity index (χ2v) is 10.7. The highest BCUT2D eigenvalue weighted by Crippen LogP contribution is 2.46. The van der Waals surface area contributed by atoms with Crippen LogP contribution in [0.25, 0.3) is 71.0 Å². The minimum atomic E-state index is -0.203. The molecule has 1 unspecified atom stereocenters. The number of nitrogens with zero attached hydrogens (tertiary/aromatic N) is 1. The molecule has 7 aromatic carbocycles. The Morgan fingerprint density at radius 2 is 1.10 bits per heavy atom. The topological polar surface area (TPSA) is 44.1 Å². The highest BCUT2D eigenvalue weighted by Gasteiger charge is 2.23. The summed E-state index contributed by atoms with van der Waals surface area (Å²) in [6, 6.07) is 44.9. The second kappa shape index (κ2) is 7.95. The summed E-state index contributed by atoms with van der Waals surface area (Å²) < 4.78 is 8.87. The van der Waals surface area contributed by atoms with E-state index in [0.717, 1.165) is 33.5 Å². The Morgan fingerprint density at radius 3 is 1.93 bits per heavy atom. The van der Waals surface area contributed by atoms with E-state index in [4.69, 9.17) is 10.2 Å². The summed E-state index contributed by atoms with van der Waals surface area (Å²) in [6.45, 7) is 0. The van der Waals surface area contributed by atoms with Crippen molar-refractivity contribution >= 4 is 65.3 Å². The van der Waals surface area contributed by atoms with Crippen molar-refractivity contribution in [3.05, 3.63) is 139 Å².